The van der Waals surface area contributed by atoms with Crippen LogP contribution in [0, 0.1) is 35.0 Å². The summed E-state index contributed by atoms with van der Waals surface area (Å²) in [5, 5.41) is 12.4. The number of aliphatic hydroxyl groups excluding tert-OH is 1. The maximum absolute atomic E-state index is 14.2. The van der Waals surface area contributed by atoms with Gasteiger partial charge in [-0.2, -0.15) is 0 Å². The minimum absolute atomic E-state index is 0.0476. The standard InChI is InChI=1S/C37H30F5N3O4S/c1-20-27(19-50-37-43-15-4-16-44-37)48-36(49-34(20)23-9-7-21(18-46)8-10-23)24-13-11-22(12-14-24)26-6-3-2-5-25(26)17-45-35(47)28-29(38)31(40)33(42)32(41)30(28)39/h2-16,20,27,34,36,46H,17-19H2,1H3,(H,45,47)/t20-,27+,34+,36+/m1/s1. The smallest absolute Gasteiger partial charge is 0.257 e. The molecule has 0 saturated carbocycles. The van der Waals surface area contributed by atoms with Gasteiger partial charge >= 0.3 is 0 Å². The van der Waals surface area contributed by atoms with Crippen LogP contribution in [-0.4, -0.2) is 32.8 Å². The number of aliphatic hydroxyl groups is 1. The van der Waals surface area contributed by atoms with Crippen LogP contribution >= 0.6 is 11.8 Å². The summed E-state index contributed by atoms with van der Waals surface area (Å²) in [4.78, 5) is 21.2. The van der Waals surface area contributed by atoms with E-state index in [2.05, 4.69) is 22.2 Å². The van der Waals surface area contributed by atoms with Crippen LogP contribution in [0.2, 0.25) is 0 Å². The second-order valence-electron chi connectivity index (χ2n) is 11.6. The molecule has 1 fully saturated rings. The van der Waals surface area contributed by atoms with E-state index >= 15 is 0 Å². The first kappa shape index (κ1) is 35.1. The third-order valence-corrected chi connectivity index (χ3v) is 9.39. The topological polar surface area (TPSA) is 93.6 Å². The Morgan fingerprint density at radius 2 is 1.42 bits per heavy atom. The lowest BCUT2D eigenvalue weighted by molar-refractivity contribution is -0.268. The summed E-state index contributed by atoms with van der Waals surface area (Å²) >= 11 is 1.48. The normalized spacial score (nSPS) is 18.9. The number of rotatable bonds is 10. The van der Waals surface area contributed by atoms with Gasteiger partial charge in [0.2, 0.25) is 5.82 Å². The van der Waals surface area contributed by atoms with Crippen molar-refractivity contribution in [2.45, 2.75) is 43.7 Å². The Hall–Kier alpha value is -4.69. The Labute approximate surface area is 288 Å². The molecule has 0 radical (unpaired) electrons. The Balaban J connectivity index is 1.21. The molecule has 1 aliphatic rings. The predicted molar refractivity (Wildman–Crippen MR) is 175 cm³/mol. The zero-order chi connectivity index (χ0) is 35.4. The summed E-state index contributed by atoms with van der Waals surface area (Å²) in [6, 6.07) is 23.6. The van der Waals surface area contributed by atoms with Gasteiger partial charge in [0.25, 0.3) is 5.91 Å². The van der Waals surface area contributed by atoms with Crippen molar-refractivity contribution in [1.29, 1.82) is 0 Å². The largest absolute Gasteiger partial charge is 0.392 e. The number of hydrogen-bond acceptors (Lipinski definition) is 7. The fourth-order valence-electron chi connectivity index (χ4n) is 5.67. The molecule has 1 amide bonds. The SMILES string of the molecule is C[C@@H]1[C@H](CSc2ncccn2)O[C@H](c2ccc(-c3ccccc3CNC(=O)c3c(F)c(F)c(F)c(F)c3F)cc2)O[C@@H]1c1ccc(CO)cc1. The average Bonchev–Trinajstić information content (AvgIpc) is 3.16. The van der Waals surface area contributed by atoms with Gasteiger partial charge in [-0.05, 0) is 33.9 Å². The number of halogens is 5. The lowest BCUT2D eigenvalue weighted by atomic mass is 9.91. The Morgan fingerprint density at radius 3 is 2.08 bits per heavy atom. The molecule has 1 saturated heterocycles. The van der Waals surface area contributed by atoms with Crippen molar-refractivity contribution >= 4 is 17.7 Å². The van der Waals surface area contributed by atoms with Crippen molar-refractivity contribution in [2.75, 3.05) is 5.75 Å². The van der Waals surface area contributed by atoms with Crippen molar-refractivity contribution in [3.8, 4) is 11.1 Å². The van der Waals surface area contributed by atoms with Crippen LogP contribution in [0.1, 0.15) is 51.9 Å². The van der Waals surface area contributed by atoms with Crippen LogP contribution in [0.3, 0.4) is 0 Å². The molecule has 6 rings (SSSR count). The summed E-state index contributed by atoms with van der Waals surface area (Å²) in [6.07, 6.45) is 2.05. The number of nitrogens with one attached hydrogen (secondary N) is 1. The predicted octanol–water partition coefficient (Wildman–Crippen LogP) is 7.85. The Bertz CT molecular complexity index is 1940. The van der Waals surface area contributed by atoms with Crippen molar-refractivity contribution in [1.82, 2.24) is 15.3 Å². The number of carbonyl (C=O) groups excluding carboxylic acids is 1. The highest BCUT2D eigenvalue weighted by Crippen LogP contribution is 2.43. The molecule has 4 aromatic carbocycles. The van der Waals surface area contributed by atoms with E-state index < -0.39 is 46.8 Å². The zero-order valence-corrected chi connectivity index (χ0v) is 27.3. The second kappa shape index (κ2) is 15.5. The maximum Gasteiger partial charge on any atom is 0.257 e. The van der Waals surface area contributed by atoms with Gasteiger partial charge in [-0.3, -0.25) is 4.79 Å². The highest BCUT2D eigenvalue weighted by molar-refractivity contribution is 7.99. The van der Waals surface area contributed by atoms with Crippen LogP contribution in [-0.2, 0) is 22.6 Å². The van der Waals surface area contributed by atoms with E-state index in [1.807, 2.05) is 48.5 Å². The van der Waals surface area contributed by atoms with Crippen LogP contribution < -0.4 is 5.32 Å². The van der Waals surface area contributed by atoms with Crippen LogP contribution in [0.25, 0.3) is 11.1 Å². The third-order valence-electron chi connectivity index (χ3n) is 8.43. The van der Waals surface area contributed by atoms with Crippen LogP contribution in [0.15, 0.2) is 96.4 Å². The summed E-state index contributed by atoms with van der Waals surface area (Å²) < 4.78 is 82.3. The van der Waals surface area contributed by atoms with Gasteiger partial charge < -0.3 is 19.9 Å². The molecule has 0 aliphatic carbocycles. The lowest BCUT2D eigenvalue weighted by Gasteiger charge is -2.41. The Kier molecular flexibility index (Phi) is 10.9. The molecule has 2 heterocycles. The van der Waals surface area contributed by atoms with E-state index in [0.29, 0.717) is 22.0 Å². The number of aromatic nitrogens is 2. The van der Waals surface area contributed by atoms with Crippen molar-refractivity contribution in [3.63, 3.8) is 0 Å². The summed E-state index contributed by atoms with van der Waals surface area (Å²) in [5.74, 6) is -12.1. The monoisotopic (exact) mass is 707 g/mol. The molecule has 2 N–H and O–H groups in total. The fourth-order valence-corrected chi connectivity index (χ4v) is 6.64. The minimum atomic E-state index is -2.34. The lowest BCUT2D eigenvalue weighted by Crippen LogP contribution is -2.38. The van der Waals surface area contributed by atoms with Crippen molar-refractivity contribution < 1.29 is 41.3 Å². The molecular formula is C37H30F5N3O4S. The molecule has 258 valence electrons. The number of benzene rings is 4. The van der Waals surface area contributed by atoms with E-state index in [9.17, 15) is 31.9 Å². The fraction of sp³-hybridized carbons (Fsp3) is 0.216. The number of amides is 1. The molecule has 1 aliphatic heterocycles. The molecule has 0 spiro atoms. The molecule has 1 aromatic heterocycles. The summed E-state index contributed by atoms with van der Waals surface area (Å²) in [7, 11) is 0. The molecule has 4 atom stereocenters. The van der Waals surface area contributed by atoms with Crippen molar-refractivity contribution in [3.05, 3.63) is 148 Å². The molecule has 0 bridgehead atoms. The van der Waals surface area contributed by atoms with Crippen molar-refractivity contribution in [2.24, 2.45) is 5.92 Å². The van der Waals surface area contributed by atoms with E-state index in [4.69, 9.17) is 9.47 Å². The number of nitrogens with zero attached hydrogens (tertiary/aromatic N) is 2. The van der Waals surface area contributed by atoms with E-state index in [-0.39, 0.29) is 31.3 Å². The minimum Gasteiger partial charge on any atom is -0.392 e. The highest BCUT2D eigenvalue weighted by atomic mass is 32.2. The summed E-state index contributed by atoms with van der Waals surface area (Å²) in [6.45, 7) is 1.73. The Morgan fingerprint density at radius 1 is 0.800 bits per heavy atom. The number of carbonyl (C=O) groups is 1. The molecule has 13 heteroatoms. The first-order chi connectivity index (χ1) is 24.2. The average molecular weight is 708 g/mol. The maximum atomic E-state index is 14.2. The molecule has 50 heavy (non-hydrogen) atoms. The molecular weight excluding hydrogens is 677 g/mol. The van der Waals surface area contributed by atoms with E-state index in [1.165, 1.54) is 11.8 Å². The molecule has 5 aromatic rings. The van der Waals surface area contributed by atoms with E-state index in [1.54, 1.807) is 42.7 Å². The second-order valence-corrected chi connectivity index (χ2v) is 12.6. The van der Waals surface area contributed by atoms with Gasteiger partial charge in [-0.15, -0.1) is 0 Å². The number of thioether (sulfide) groups is 1. The first-order valence-corrected chi connectivity index (χ1v) is 16.5. The van der Waals surface area contributed by atoms with Crippen LogP contribution in [0.4, 0.5) is 22.0 Å². The third kappa shape index (κ3) is 7.41. The van der Waals surface area contributed by atoms with Gasteiger partial charge in [0.1, 0.15) is 5.56 Å². The highest BCUT2D eigenvalue weighted by Gasteiger charge is 2.38. The molecule has 7 nitrogen and oxygen atoms in total. The van der Waals surface area contributed by atoms with E-state index in [0.717, 1.165) is 22.3 Å². The number of hydrogen-bond donors (Lipinski definition) is 2. The van der Waals surface area contributed by atoms with Gasteiger partial charge in [0.05, 0.1) is 18.8 Å². The van der Waals surface area contributed by atoms with Crippen LogP contribution in [0.5, 0.6) is 0 Å². The zero-order valence-electron chi connectivity index (χ0n) is 26.5. The van der Waals surface area contributed by atoms with Gasteiger partial charge in [0.15, 0.2) is 34.7 Å². The quantitative estimate of drug-likeness (QED) is 0.0502. The number of ether oxygens (including phenoxy) is 2. The van der Waals surface area contributed by atoms with Gasteiger partial charge in [0, 0.05) is 36.2 Å². The first-order valence-electron chi connectivity index (χ1n) is 15.5. The summed E-state index contributed by atoms with van der Waals surface area (Å²) in [5.41, 5.74) is 2.82. The molecule has 0 unspecified atom stereocenters. The van der Waals surface area contributed by atoms with Gasteiger partial charge in [-0.1, -0.05) is 91.5 Å². The van der Waals surface area contributed by atoms with Gasteiger partial charge in [-0.25, -0.2) is 31.9 Å².